The van der Waals surface area contributed by atoms with Crippen LogP contribution in [0.3, 0.4) is 0 Å². The van der Waals surface area contributed by atoms with Crippen molar-refractivity contribution >= 4 is 16.9 Å². The number of aliphatic hydroxyl groups excluding tert-OH is 1. The van der Waals surface area contributed by atoms with Crippen LogP contribution in [0.4, 0.5) is 0 Å². The van der Waals surface area contributed by atoms with E-state index in [9.17, 15) is 5.11 Å². The van der Waals surface area contributed by atoms with Gasteiger partial charge < -0.3 is 15.2 Å². The van der Waals surface area contributed by atoms with Gasteiger partial charge in [0.25, 0.3) is 0 Å². The Morgan fingerprint density at radius 1 is 1.73 bits per heavy atom. The summed E-state index contributed by atoms with van der Waals surface area (Å²) in [6, 6.07) is 0.335. The number of hydrogen-bond donors (Lipinski definition) is 2. The molecule has 15 heavy (non-hydrogen) atoms. The molecule has 0 aliphatic carbocycles. The quantitative estimate of drug-likeness (QED) is 0.684. The Labute approximate surface area is 93.8 Å². The number of aliphatic imine (C=N–C) groups is 1. The lowest BCUT2D eigenvalue weighted by Gasteiger charge is -2.32. The molecule has 5 heteroatoms. The molecule has 0 aromatic heterocycles. The Morgan fingerprint density at radius 3 is 3.20 bits per heavy atom. The van der Waals surface area contributed by atoms with Crippen molar-refractivity contribution in [1.82, 2.24) is 5.32 Å². The second-order valence-electron chi connectivity index (χ2n) is 3.74. The number of hydrogen-bond acceptors (Lipinski definition) is 4. The minimum Gasteiger partial charge on any atom is -0.386 e. The van der Waals surface area contributed by atoms with Crippen LogP contribution in [-0.4, -0.2) is 41.0 Å². The first-order chi connectivity index (χ1) is 7.24. The molecule has 0 aromatic rings. The third-order valence-electron chi connectivity index (χ3n) is 2.76. The Hall–Kier alpha value is -0.520. The van der Waals surface area contributed by atoms with Gasteiger partial charge in [-0.05, 0) is 12.8 Å². The molecule has 4 nitrogen and oxygen atoms in total. The van der Waals surface area contributed by atoms with Gasteiger partial charge in [-0.2, -0.15) is 0 Å². The predicted octanol–water partition coefficient (Wildman–Crippen LogP) is 0.729. The zero-order valence-electron chi connectivity index (χ0n) is 8.72. The maximum atomic E-state index is 9.62. The molecule has 2 N–H and O–H groups in total. The molecular weight excluding hydrogens is 212 g/mol. The number of fused-ring (bicyclic) bond motifs is 1. The summed E-state index contributed by atoms with van der Waals surface area (Å²) in [5.41, 5.74) is 0.0806. The van der Waals surface area contributed by atoms with Gasteiger partial charge in [0.2, 0.25) is 0 Å². The number of aliphatic hydroxyl groups is 1. The third-order valence-corrected chi connectivity index (χ3v) is 3.96. The van der Waals surface area contributed by atoms with E-state index in [-0.39, 0.29) is 11.5 Å². The third kappa shape index (κ3) is 2.19. The second-order valence-corrected chi connectivity index (χ2v) is 4.83. The average molecular weight is 228 g/mol. The van der Waals surface area contributed by atoms with Crippen LogP contribution in [0.1, 0.15) is 12.8 Å². The highest BCUT2D eigenvalue weighted by atomic mass is 32.2. The molecule has 2 fully saturated rings. The molecule has 2 aliphatic rings. The van der Waals surface area contributed by atoms with Gasteiger partial charge in [0.15, 0.2) is 5.17 Å². The van der Waals surface area contributed by atoms with Crippen LogP contribution >= 0.6 is 11.8 Å². The first kappa shape index (κ1) is 11.0. The summed E-state index contributed by atoms with van der Waals surface area (Å²) in [6.45, 7) is 3.58. The maximum Gasteiger partial charge on any atom is 0.159 e. The summed E-state index contributed by atoms with van der Waals surface area (Å²) in [7, 11) is 1.77. The van der Waals surface area contributed by atoms with Gasteiger partial charge in [-0.1, -0.05) is 17.8 Å². The predicted molar refractivity (Wildman–Crippen MR) is 62.0 cm³/mol. The fraction of sp³-hybridized carbons (Fsp3) is 0.700. The first-order valence-electron chi connectivity index (χ1n) is 5.10. The summed E-state index contributed by atoms with van der Waals surface area (Å²) < 4.78 is 5.79. The molecule has 2 aliphatic heterocycles. The fourth-order valence-corrected chi connectivity index (χ4v) is 3.00. The zero-order chi connectivity index (χ0) is 10.8. The number of rotatable bonds is 2. The highest BCUT2D eigenvalue weighted by Gasteiger charge is 2.39. The lowest BCUT2D eigenvalue weighted by atomic mass is 10.0. The molecule has 0 saturated carbocycles. The summed E-state index contributed by atoms with van der Waals surface area (Å²) in [6.07, 6.45) is 2.72. The van der Waals surface area contributed by atoms with Crippen molar-refractivity contribution in [3.63, 3.8) is 0 Å². The zero-order valence-corrected chi connectivity index (χ0v) is 9.54. The number of thioether (sulfide) groups is 1. The van der Waals surface area contributed by atoms with Crippen LogP contribution < -0.4 is 5.32 Å². The van der Waals surface area contributed by atoms with Crippen molar-refractivity contribution in [2.24, 2.45) is 4.99 Å². The van der Waals surface area contributed by atoms with E-state index in [1.165, 1.54) is 6.08 Å². The molecule has 2 rings (SSSR count). The minimum atomic E-state index is -0.561. The Bertz CT molecular complexity index is 283. The van der Waals surface area contributed by atoms with Gasteiger partial charge in [-0.15, -0.1) is 6.58 Å². The molecule has 4 atom stereocenters. The Kier molecular flexibility index (Phi) is 3.33. The van der Waals surface area contributed by atoms with Crippen LogP contribution in [0.15, 0.2) is 17.6 Å². The molecule has 0 amide bonds. The highest BCUT2D eigenvalue weighted by Crippen LogP contribution is 2.34. The normalized spacial score (nSPS) is 39.6. The van der Waals surface area contributed by atoms with E-state index < -0.39 is 6.10 Å². The summed E-state index contributed by atoms with van der Waals surface area (Å²) in [5.74, 6) is 0. The monoisotopic (exact) mass is 228 g/mol. The number of nitrogens with one attached hydrogen (secondary N) is 1. The number of nitrogens with zero attached hydrogens (tertiary/aromatic N) is 1. The number of ether oxygens (including phenoxy) is 1. The summed E-state index contributed by atoms with van der Waals surface area (Å²) >= 11 is 1.60. The van der Waals surface area contributed by atoms with Gasteiger partial charge >= 0.3 is 0 Å². The van der Waals surface area contributed by atoms with Gasteiger partial charge in [-0.3, -0.25) is 4.99 Å². The largest absolute Gasteiger partial charge is 0.386 e. The Morgan fingerprint density at radius 2 is 2.53 bits per heavy atom. The number of amidine groups is 1. The molecule has 0 unspecified atom stereocenters. The van der Waals surface area contributed by atoms with Crippen LogP contribution in [0.25, 0.3) is 0 Å². The van der Waals surface area contributed by atoms with Crippen LogP contribution in [-0.2, 0) is 4.74 Å². The molecule has 0 spiro atoms. The maximum absolute atomic E-state index is 9.62. The summed E-state index contributed by atoms with van der Waals surface area (Å²) in [5, 5.41) is 13.9. The van der Waals surface area contributed by atoms with Crippen molar-refractivity contribution in [3.05, 3.63) is 12.7 Å². The van der Waals surface area contributed by atoms with Crippen LogP contribution in [0.5, 0.6) is 0 Å². The standard InChI is InChI=1S/C10H16N2O2S/c1-3-7(13)8-5-4-6-9(14-8)15-10(11-2)12-6/h3,6-9,13H,1,4-5H2,2H3,(H,11,12)/t6-,7+,8-,9-/m1/s1. The van der Waals surface area contributed by atoms with E-state index in [1.54, 1.807) is 18.8 Å². The Balaban J connectivity index is 1.98. The minimum absolute atomic E-state index is 0.0806. The smallest absolute Gasteiger partial charge is 0.159 e. The lowest BCUT2D eigenvalue weighted by Crippen LogP contribution is -2.43. The van der Waals surface area contributed by atoms with Crippen LogP contribution in [0.2, 0.25) is 0 Å². The molecule has 0 bridgehead atoms. The van der Waals surface area contributed by atoms with Crippen molar-refractivity contribution < 1.29 is 9.84 Å². The molecular formula is C10H16N2O2S. The van der Waals surface area contributed by atoms with Gasteiger partial charge in [0.05, 0.1) is 18.2 Å². The van der Waals surface area contributed by atoms with E-state index >= 15 is 0 Å². The van der Waals surface area contributed by atoms with E-state index in [1.807, 2.05) is 0 Å². The first-order valence-corrected chi connectivity index (χ1v) is 5.98. The van der Waals surface area contributed by atoms with Gasteiger partial charge in [0.1, 0.15) is 5.44 Å². The van der Waals surface area contributed by atoms with E-state index in [4.69, 9.17) is 4.74 Å². The van der Waals surface area contributed by atoms with E-state index in [0.29, 0.717) is 6.04 Å². The van der Waals surface area contributed by atoms with E-state index in [0.717, 1.165) is 18.0 Å². The highest BCUT2D eigenvalue weighted by molar-refractivity contribution is 8.14. The van der Waals surface area contributed by atoms with Gasteiger partial charge in [-0.25, -0.2) is 0 Å². The van der Waals surface area contributed by atoms with Gasteiger partial charge in [0, 0.05) is 7.05 Å². The molecule has 84 valence electrons. The molecule has 2 saturated heterocycles. The van der Waals surface area contributed by atoms with E-state index in [2.05, 4.69) is 16.9 Å². The molecule has 0 aromatic carbocycles. The average Bonchev–Trinajstić information content (AvgIpc) is 2.69. The molecule has 2 heterocycles. The molecule has 0 radical (unpaired) electrons. The fourth-order valence-electron chi connectivity index (χ4n) is 1.89. The SMILES string of the molecule is C=C[C@H](O)[C@H]1CC[C@H]2NC(=NC)S[C@H]2O1. The van der Waals surface area contributed by atoms with Crippen molar-refractivity contribution in [2.75, 3.05) is 7.05 Å². The lowest BCUT2D eigenvalue weighted by molar-refractivity contribution is -0.0660. The van der Waals surface area contributed by atoms with Crippen molar-refractivity contribution in [1.29, 1.82) is 0 Å². The van der Waals surface area contributed by atoms with Crippen molar-refractivity contribution in [3.8, 4) is 0 Å². The second kappa shape index (κ2) is 4.55. The summed E-state index contributed by atoms with van der Waals surface area (Å²) in [4.78, 5) is 4.11. The van der Waals surface area contributed by atoms with Crippen molar-refractivity contribution in [2.45, 2.75) is 36.5 Å². The topological polar surface area (TPSA) is 53.8 Å². The van der Waals surface area contributed by atoms with Crippen LogP contribution in [0, 0.1) is 0 Å².